The van der Waals surface area contributed by atoms with E-state index in [2.05, 4.69) is 15.2 Å². The first kappa shape index (κ1) is 19.6. The second kappa shape index (κ2) is 9.21. The Bertz CT molecular complexity index is 969. The number of anilines is 1. The quantitative estimate of drug-likeness (QED) is 0.630. The molecule has 29 heavy (non-hydrogen) atoms. The fourth-order valence-electron chi connectivity index (χ4n) is 3.79. The van der Waals surface area contributed by atoms with Crippen molar-refractivity contribution in [2.24, 2.45) is 5.92 Å². The molecule has 1 amide bonds. The van der Waals surface area contributed by atoms with Gasteiger partial charge in [0.15, 0.2) is 0 Å². The molecule has 148 valence electrons. The van der Waals surface area contributed by atoms with Gasteiger partial charge in [0.05, 0.1) is 0 Å². The summed E-state index contributed by atoms with van der Waals surface area (Å²) in [6.07, 6.45) is 5.41. The molecule has 0 saturated carbocycles. The van der Waals surface area contributed by atoms with Crippen LogP contribution >= 0.6 is 11.6 Å². The molecule has 5 heteroatoms. The number of hydrogen-bond donors (Lipinski definition) is 1. The number of piperidine rings is 1. The smallest absolute Gasteiger partial charge is 0.227 e. The van der Waals surface area contributed by atoms with Gasteiger partial charge in [0, 0.05) is 35.6 Å². The van der Waals surface area contributed by atoms with Crippen molar-refractivity contribution in [1.82, 2.24) is 9.88 Å². The van der Waals surface area contributed by atoms with E-state index < -0.39 is 0 Å². The Hall–Kier alpha value is -2.69. The van der Waals surface area contributed by atoms with Gasteiger partial charge in [-0.15, -0.1) is 0 Å². The number of pyridine rings is 1. The van der Waals surface area contributed by atoms with E-state index in [4.69, 9.17) is 11.6 Å². The number of benzene rings is 2. The van der Waals surface area contributed by atoms with Gasteiger partial charge in [-0.1, -0.05) is 35.9 Å². The maximum atomic E-state index is 12.8. The number of carbonyl (C=O) groups is 1. The molecule has 1 aromatic heterocycles. The van der Waals surface area contributed by atoms with Crippen LogP contribution in [0.1, 0.15) is 18.4 Å². The average Bonchev–Trinajstić information content (AvgIpc) is 2.75. The number of rotatable bonds is 5. The van der Waals surface area contributed by atoms with Gasteiger partial charge in [-0.05, 0) is 79.0 Å². The minimum absolute atomic E-state index is 0.0542. The first-order valence-corrected chi connectivity index (χ1v) is 10.3. The molecule has 0 spiro atoms. The zero-order valence-electron chi connectivity index (χ0n) is 16.2. The highest BCUT2D eigenvalue weighted by atomic mass is 35.5. The Balaban J connectivity index is 1.34. The van der Waals surface area contributed by atoms with Crippen LogP contribution in [0.2, 0.25) is 5.02 Å². The summed E-state index contributed by atoms with van der Waals surface area (Å²) in [5, 5.41) is 3.81. The molecule has 0 bridgehead atoms. The Labute approximate surface area is 176 Å². The van der Waals surface area contributed by atoms with Crippen molar-refractivity contribution in [3.05, 3.63) is 83.6 Å². The molecule has 4 nitrogen and oxygen atoms in total. The normalized spacial score (nSPS) is 15.2. The van der Waals surface area contributed by atoms with Crippen molar-refractivity contribution in [3.8, 4) is 11.1 Å². The van der Waals surface area contributed by atoms with Crippen molar-refractivity contribution < 1.29 is 4.79 Å². The summed E-state index contributed by atoms with van der Waals surface area (Å²) in [7, 11) is 0. The van der Waals surface area contributed by atoms with Gasteiger partial charge >= 0.3 is 0 Å². The van der Waals surface area contributed by atoms with Crippen LogP contribution in [-0.2, 0) is 11.3 Å². The zero-order chi connectivity index (χ0) is 20.1. The zero-order valence-corrected chi connectivity index (χ0v) is 17.0. The Morgan fingerprint density at radius 1 is 1.00 bits per heavy atom. The molecule has 1 N–H and O–H groups in total. The van der Waals surface area contributed by atoms with E-state index in [1.807, 2.05) is 73.1 Å². The van der Waals surface area contributed by atoms with Gasteiger partial charge in [-0.2, -0.15) is 0 Å². The number of hydrogen-bond acceptors (Lipinski definition) is 3. The molecular formula is C24H24ClN3O. The van der Waals surface area contributed by atoms with E-state index in [1.54, 1.807) is 0 Å². The molecule has 1 saturated heterocycles. The van der Waals surface area contributed by atoms with Crippen molar-refractivity contribution in [2.75, 3.05) is 18.4 Å². The molecule has 2 aromatic carbocycles. The van der Waals surface area contributed by atoms with Crippen molar-refractivity contribution in [1.29, 1.82) is 0 Å². The Kier molecular flexibility index (Phi) is 6.23. The fourth-order valence-corrected chi connectivity index (χ4v) is 3.98. The third-order valence-electron chi connectivity index (χ3n) is 5.40. The minimum Gasteiger partial charge on any atom is -0.326 e. The van der Waals surface area contributed by atoms with E-state index in [0.717, 1.165) is 49.3 Å². The summed E-state index contributed by atoms with van der Waals surface area (Å²) >= 11 is 6.11. The lowest BCUT2D eigenvalue weighted by atomic mass is 9.95. The number of likely N-dealkylation sites (tertiary alicyclic amines) is 1. The molecule has 0 atom stereocenters. The van der Waals surface area contributed by atoms with E-state index in [1.165, 1.54) is 5.56 Å². The van der Waals surface area contributed by atoms with Crippen LogP contribution in [0.3, 0.4) is 0 Å². The standard InChI is InChI=1S/C24H24ClN3O/c25-22-5-1-3-20(15-22)21-4-2-6-23(16-21)27-24(29)19-9-13-28(14-10-19)17-18-7-11-26-12-8-18/h1-8,11-12,15-16,19H,9-10,13-14,17H2,(H,27,29). The monoisotopic (exact) mass is 405 g/mol. The molecule has 1 fully saturated rings. The van der Waals surface area contributed by atoms with Crippen LogP contribution in [0.25, 0.3) is 11.1 Å². The Morgan fingerprint density at radius 3 is 2.41 bits per heavy atom. The molecular weight excluding hydrogens is 382 g/mol. The van der Waals surface area contributed by atoms with Crippen LogP contribution in [0.5, 0.6) is 0 Å². The molecule has 0 aliphatic carbocycles. The first-order chi connectivity index (χ1) is 14.2. The van der Waals surface area contributed by atoms with Gasteiger partial charge in [0.1, 0.15) is 0 Å². The summed E-state index contributed by atoms with van der Waals surface area (Å²) in [6, 6.07) is 19.8. The van der Waals surface area contributed by atoms with Gasteiger partial charge < -0.3 is 5.32 Å². The molecule has 1 aliphatic rings. The Morgan fingerprint density at radius 2 is 1.69 bits per heavy atom. The minimum atomic E-state index is 0.0542. The molecule has 2 heterocycles. The highest BCUT2D eigenvalue weighted by molar-refractivity contribution is 6.30. The number of aromatic nitrogens is 1. The van der Waals surface area contributed by atoms with Gasteiger partial charge in [0.25, 0.3) is 0 Å². The van der Waals surface area contributed by atoms with Crippen molar-refractivity contribution in [3.63, 3.8) is 0 Å². The van der Waals surface area contributed by atoms with E-state index in [9.17, 15) is 4.79 Å². The molecule has 3 aromatic rings. The van der Waals surface area contributed by atoms with Crippen LogP contribution in [-0.4, -0.2) is 28.9 Å². The number of amides is 1. The van der Waals surface area contributed by atoms with E-state index in [-0.39, 0.29) is 11.8 Å². The summed E-state index contributed by atoms with van der Waals surface area (Å²) in [6.45, 7) is 2.78. The van der Waals surface area contributed by atoms with E-state index in [0.29, 0.717) is 5.02 Å². The van der Waals surface area contributed by atoms with Gasteiger partial charge in [-0.3, -0.25) is 14.7 Å². The first-order valence-electron chi connectivity index (χ1n) is 9.95. The second-order valence-electron chi connectivity index (χ2n) is 7.49. The predicted molar refractivity (Wildman–Crippen MR) is 118 cm³/mol. The lowest BCUT2D eigenvalue weighted by molar-refractivity contribution is -0.121. The fraction of sp³-hybridized carbons (Fsp3) is 0.250. The lowest BCUT2D eigenvalue weighted by Crippen LogP contribution is -2.37. The summed E-state index contributed by atoms with van der Waals surface area (Å²) in [5.74, 6) is 0.162. The van der Waals surface area contributed by atoms with Crippen LogP contribution in [0.4, 0.5) is 5.69 Å². The third-order valence-corrected chi connectivity index (χ3v) is 5.64. The van der Waals surface area contributed by atoms with Crippen LogP contribution in [0.15, 0.2) is 73.1 Å². The average molecular weight is 406 g/mol. The van der Waals surface area contributed by atoms with Crippen molar-refractivity contribution in [2.45, 2.75) is 19.4 Å². The number of halogens is 1. The molecule has 0 unspecified atom stereocenters. The summed E-state index contributed by atoms with van der Waals surface area (Å²) in [5.41, 5.74) is 4.17. The topological polar surface area (TPSA) is 45.2 Å². The molecule has 4 rings (SSSR count). The van der Waals surface area contributed by atoms with Gasteiger partial charge in [-0.25, -0.2) is 0 Å². The summed E-state index contributed by atoms with van der Waals surface area (Å²) < 4.78 is 0. The molecule has 0 radical (unpaired) electrons. The third kappa shape index (κ3) is 5.22. The second-order valence-corrected chi connectivity index (χ2v) is 7.92. The van der Waals surface area contributed by atoms with Crippen LogP contribution < -0.4 is 5.32 Å². The highest BCUT2D eigenvalue weighted by Gasteiger charge is 2.25. The highest BCUT2D eigenvalue weighted by Crippen LogP contribution is 2.26. The SMILES string of the molecule is O=C(Nc1cccc(-c2cccc(Cl)c2)c1)C1CCN(Cc2ccncc2)CC1. The number of nitrogens with zero attached hydrogens (tertiary/aromatic N) is 2. The lowest BCUT2D eigenvalue weighted by Gasteiger charge is -2.31. The number of carbonyl (C=O) groups excluding carboxylic acids is 1. The van der Waals surface area contributed by atoms with Crippen molar-refractivity contribution >= 4 is 23.2 Å². The maximum Gasteiger partial charge on any atom is 0.227 e. The molecule has 1 aliphatic heterocycles. The van der Waals surface area contributed by atoms with E-state index >= 15 is 0 Å². The van der Waals surface area contributed by atoms with Crippen LogP contribution in [0, 0.1) is 5.92 Å². The maximum absolute atomic E-state index is 12.8. The summed E-state index contributed by atoms with van der Waals surface area (Å²) in [4.78, 5) is 19.2. The van der Waals surface area contributed by atoms with Gasteiger partial charge in [0.2, 0.25) is 5.91 Å². The predicted octanol–water partition coefficient (Wildman–Crippen LogP) is 5.25. The number of nitrogens with one attached hydrogen (secondary N) is 1. The largest absolute Gasteiger partial charge is 0.326 e.